The minimum absolute atomic E-state index is 0.383. The van der Waals surface area contributed by atoms with E-state index in [1.165, 1.54) is 12.0 Å². The molecule has 0 aliphatic heterocycles. The van der Waals surface area contributed by atoms with Crippen molar-refractivity contribution in [3.05, 3.63) is 35.9 Å². The van der Waals surface area contributed by atoms with Crippen molar-refractivity contribution in [2.75, 3.05) is 6.61 Å². The van der Waals surface area contributed by atoms with Gasteiger partial charge < -0.3 is 4.74 Å². The Labute approximate surface area is 95.6 Å². The molecule has 2 aliphatic rings. The molecule has 1 aromatic carbocycles. The summed E-state index contributed by atoms with van der Waals surface area (Å²) in [6.07, 6.45) is 2.83. The van der Waals surface area contributed by atoms with Crippen molar-refractivity contribution in [1.29, 1.82) is 0 Å². The normalized spacial score (nSPS) is 25.5. The maximum absolute atomic E-state index is 11.0. The molecule has 0 N–H and O–H groups in total. The summed E-state index contributed by atoms with van der Waals surface area (Å²) in [5, 5.41) is 0. The van der Waals surface area contributed by atoms with Gasteiger partial charge in [0.2, 0.25) is 0 Å². The highest BCUT2D eigenvalue weighted by Crippen LogP contribution is 2.63. The highest BCUT2D eigenvalue weighted by atomic mass is 16.5. The Bertz CT molecular complexity index is 388. The van der Waals surface area contributed by atoms with Gasteiger partial charge in [0.15, 0.2) is 0 Å². The number of carbonyl (C=O) groups is 1. The summed E-state index contributed by atoms with van der Waals surface area (Å²) in [4.78, 5) is 11.0. The topological polar surface area (TPSA) is 26.3 Å². The highest BCUT2D eigenvalue weighted by Gasteiger charge is 2.61. The van der Waals surface area contributed by atoms with Crippen LogP contribution in [0.25, 0.3) is 0 Å². The molecule has 16 heavy (non-hydrogen) atoms. The third-order valence-corrected chi connectivity index (χ3v) is 3.89. The SMILES string of the molecule is O=C1CC2(C1)CC2COCc1ccccc1. The zero-order valence-electron chi connectivity index (χ0n) is 9.32. The average Bonchev–Trinajstić information content (AvgIpc) is 2.94. The van der Waals surface area contributed by atoms with Crippen molar-refractivity contribution in [1.82, 2.24) is 0 Å². The molecular weight excluding hydrogens is 200 g/mol. The summed E-state index contributed by atoms with van der Waals surface area (Å²) in [6.45, 7) is 1.52. The van der Waals surface area contributed by atoms with Crippen molar-refractivity contribution in [3.8, 4) is 0 Å². The van der Waals surface area contributed by atoms with Gasteiger partial charge in [0.25, 0.3) is 0 Å². The molecule has 3 rings (SSSR count). The van der Waals surface area contributed by atoms with Gasteiger partial charge in [-0.15, -0.1) is 0 Å². The van der Waals surface area contributed by atoms with Gasteiger partial charge >= 0.3 is 0 Å². The standard InChI is InChI=1S/C14H16O2/c15-13-7-14(8-13)6-12(14)10-16-9-11-4-2-1-3-5-11/h1-5,12H,6-10H2. The van der Waals surface area contributed by atoms with Gasteiger partial charge in [-0.25, -0.2) is 0 Å². The molecule has 2 fully saturated rings. The average molecular weight is 216 g/mol. The molecule has 2 heteroatoms. The number of ether oxygens (including phenoxy) is 1. The number of hydrogen-bond acceptors (Lipinski definition) is 2. The second-order valence-electron chi connectivity index (χ2n) is 5.16. The zero-order valence-corrected chi connectivity index (χ0v) is 9.32. The largest absolute Gasteiger partial charge is 0.376 e. The third kappa shape index (κ3) is 1.78. The van der Waals surface area contributed by atoms with E-state index < -0.39 is 0 Å². The monoisotopic (exact) mass is 216 g/mol. The van der Waals surface area contributed by atoms with Gasteiger partial charge in [0.1, 0.15) is 5.78 Å². The van der Waals surface area contributed by atoms with Crippen LogP contribution in [0.1, 0.15) is 24.8 Å². The third-order valence-electron chi connectivity index (χ3n) is 3.89. The van der Waals surface area contributed by atoms with Gasteiger partial charge in [0, 0.05) is 12.8 Å². The van der Waals surface area contributed by atoms with E-state index in [1.807, 2.05) is 18.2 Å². The molecule has 1 aromatic rings. The maximum Gasteiger partial charge on any atom is 0.134 e. The van der Waals surface area contributed by atoms with Crippen LogP contribution in [0.4, 0.5) is 0 Å². The first-order chi connectivity index (χ1) is 7.78. The summed E-state index contributed by atoms with van der Waals surface area (Å²) >= 11 is 0. The van der Waals surface area contributed by atoms with Crippen LogP contribution in [0.15, 0.2) is 30.3 Å². The van der Waals surface area contributed by atoms with Crippen molar-refractivity contribution in [2.45, 2.75) is 25.9 Å². The van der Waals surface area contributed by atoms with Crippen LogP contribution in [0, 0.1) is 11.3 Å². The molecule has 1 atom stereocenters. The summed E-state index contributed by atoms with van der Waals surface area (Å²) in [5.74, 6) is 1.08. The summed E-state index contributed by atoms with van der Waals surface area (Å²) < 4.78 is 5.70. The van der Waals surface area contributed by atoms with Crippen LogP contribution < -0.4 is 0 Å². The fourth-order valence-electron chi connectivity index (χ4n) is 2.73. The highest BCUT2D eigenvalue weighted by molar-refractivity contribution is 5.87. The van der Waals surface area contributed by atoms with E-state index in [0.717, 1.165) is 19.4 Å². The van der Waals surface area contributed by atoms with Crippen LogP contribution in [-0.2, 0) is 16.1 Å². The predicted octanol–water partition coefficient (Wildman–Crippen LogP) is 2.57. The molecule has 2 aliphatic carbocycles. The number of benzene rings is 1. The van der Waals surface area contributed by atoms with E-state index in [2.05, 4.69) is 12.1 Å². The molecule has 0 amide bonds. The smallest absolute Gasteiger partial charge is 0.134 e. The van der Waals surface area contributed by atoms with Crippen molar-refractivity contribution < 1.29 is 9.53 Å². The van der Waals surface area contributed by atoms with Crippen molar-refractivity contribution >= 4 is 5.78 Å². The van der Waals surface area contributed by atoms with Crippen LogP contribution in [-0.4, -0.2) is 12.4 Å². The molecule has 1 unspecified atom stereocenters. The minimum Gasteiger partial charge on any atom is -0.376 e. The Balaban J connectivity index is 1.41. The van der Waals surface area contributed by atoms with E-state index in [-0.39, 0.29) is 0 Å². The first-order valence-electron chi connectivity index (χ1n) is 5.92. The number of hydrogen-bond donors (Lipinski definition) is 0. The zero-order chi connectivity index (χ0) is 11.0. The number of Topliss-reactive ketones (excluding diaryl/α,β-unsaturated/α-hetero) is 1. The maximum atomic E-state index is 11.0. The van der Waals surface area contributed by atoms with Gasteiger partial charge in [-0.1, -0.05) is 30.3 Å². The molecule has 0 bridgehead atoms. The van der Waals surface area contributed by atoms with E-state index >= 15 is 0 Å². The van der Waals surface area contributed by atoms with E-state index in [9.17, 15) is 4.79 Å². The lowest BCUT2D eigenvalue weighted by Crippen LogP contribution is -2.27. The van der Waals surface area contributed by atoms with Crippen molar-refractivity contribution in [2.24, 2.45) is 11.3 Å². The molecule has 2 nitrogen and oxygen atoms in total. The fourth-order valence-corrected chi connectivity index (χ4v) is 2.73. The Morgan fingerprint density at radius 3 is 2.69 bits per heavy atom. The second kappa shape index (κ2) is 3.70. The molecule has 0 radical (unpaired) electrons. The number of rotatable bonds is 4. The van der Waals surface area contributed by atoms with Gasteiger partial charge in [-0.3, -0.25) is 4.79 Å². The molecular formula is C14H16O2. The lowest BCUT2D eigenvalue weighted by atomic mass is 9.78. The molecule has 0 aromatic heterocycles. The van der Waals surface area contributed by atoms with E-state index in [1.54, 1.807) is 0 Å². The quantitative estimate of drug-likeness (QED) is 0.773. The van der Waals surface area contributed by atoms with Crippen LogP contribution >= 0.6 is 0 Å². The molecule has 0 heterocycles. The lowest BCUT2D eigenvalue weighted by Gasteiger charge is -2.25. The summed E-state index contributed by atoms with van der Waals surface area (Å²) in [7, 11) is 0. The molecule has 84 valence electrons. The van der Waals surface area contributed by atoms with Gasteiger partial charge in [-0.05, 0) is 23.3 Å². The Morgan fingerprint density at radius 1 is 1.25 bits per heavy atom. The predicted molar refractivity (Wildman–Crippen MR) is 60.9 cm³/mol. The lowest BCUT2D eigenvalue weighted by molar-refractivity contribution is -0.128. The first-order valence-corrected chi connectivity index (χ1v) is 5.92. The Hall–Kier alpha value is -1.15. The molecule has 2 saturated carbocycles. The van der Waals surface area contributed by atoms with Crippen LogP contribution in [0.3, 0.4) is 0 Å². The Kier molecular flexibility index (Phi) is 2.32. The van der Waals surface area contributed by atoms with Crippen molar-refractivity contribution in [3.63, 3.8) is 0 Å². The summed E-state index contributed by atoms with van der Waals surface area (Å²) in [6, 6.07) is 10.2. The Morgan fingerprint density at radius 2 is 2.00 bits per heavy atom. The molecule has 1 spiro atoms. The number of carbonyl (C=O) groups excluding carboxylic acids is 1. The first kappa shape index (κ1) is 10.0. The van der Waals surface area contributed by atoms with Gasteiger partial charge in [0.05, 0.1) is 13.2 Å². The van der Waals surface area contributed by atoms with Crippen LogP contribution in [0.5, 0.6) is 0 Å². The van der Waals surface area contributed by atoms with E-state index in [0.29, 0.717) is 23.7 Å². The number of ketones is 1. The molecule has 0 saturated heterocycles. The second-order valence-corrected chi connectivity index (χ2v) is 5.16. The van der Waals surface area contributed by atoms with Crippen LogP contribution in [0.2, 0.25) is 0 Å². The summed E-state index contributed by atoms with van der Waals surface area (Å²) in [5.41, 5.74) is 1.61. The minimum atomic E-state index is 0.383. The van der Waals surface area contributed by atoms with Gasteiger partial charge in [-0.2, -0.15) is 0 Å². The fraction of sp³-hybridized carbons (Fsp3) is 0.500. The van der Waals surface area contributed by atoms with E-state index in [4.69, 9.17) is 4.74 Å².